The van der Waals surface area contributed by atoms with Crippen molar-refractivity contribution < 1.29 is 4.79 Å². The molecule has 1 fully saturated rings. The van der Waals surface area contributed by atoms with Crippen molar-refractivity contribution in [2.24, 2.45) is 0 Å². The van der Waals surface area contributed by atoms with Crippen molar-refractivity contribution in [2.75, 3.05) is 31.5 Å². The first kappa shape index (κ1) is 16.3. The largest absolute Gasteiger partial charge is 0.322 e. The minimum atomic E-state index is -0.00915. The van der Waals surface area contributed by atoms with Crippen LogP contribution in [-0.2, 0) is 6.54 Å². The minimum Gasteiger partial charge on any atom is -0.322 e. The molecule has 2 aromatic rings. The van der Waals surface area contributed by atoms with E-state index in [1.165, 1.54) is 9.13 Å². The third kappa shape index (κ3) is 4.68. The molecule has 5 heteroatoms. The van der Waals surface area contributed by atoms with Crippen LogP contribution in [-0.4, -0.2) is 42.0 Å². The lowest BCUT2D eigenvalue weighted by atomic mass is 10.2. The Kier molecular flexibility index (Phi) is 5.51. The van der Waals surface area contributed by atoms with E-state index in [0.29, 0.717) is 0 Å². The van der Waals surface area contributed by atoms with Gasteiger partial charge in [0, 0.05) is 42.0 Å². The van der Waals surface area contributed by atoms with Crippen LogP contribution < -0.4 is 5.32 Å². The van der Waals surface area contributed by atoms with Crippen LogP contribution in [0, 0.1) is 3.57 Å². The molecule has 1 N–H and O–H groups in total. The van der Waals surface area contributed by atoms with Crippen LogP contribution in [0.4, 0.5) is 10.5 Å². The first-order chi connectivity index (χ1) is 11.2. The third-order valence-electron chi connectivity index (χ3n) is 4.00. The van der Waals surface area contributed by atoms with Gasteiger partial charge in [0.25, 0.3) is 0 Å². The molecule has 1 saturated heterocycles. The van der Waals surface area contributed by atoms with Crippen molar-refractivity contribution in [3.05, 3.63) is 63.7 Å². The maximum absolute atomic E-state index is 12.3. The average Bonchev–Trinajstić information content (AvgIpc) is 2.58. The summed E-state index contributed by atoms with van der Waals surface area (Å²) in [6, 6.07) is 18.2. The van der Waals surface area contributed by atoms with E-state index < -0.39 is 0 Å². The maximum Gasteiger partial charge on any atom is 0.321 e. The second kappa shape index (κ2) is 7.79. The fourth-order valence-corrected chi connectivity index (χ4v) is 3.04. The van der Waals surface area contributed by atoms with Crippen LogP contribution in [0.2, 0.25) is 0 Å². The average molecular weight is 421 g/mol. The molecule has 0 spiro atoms. The molecular weight excluding hydrogens is 401 g/mol. The summed E-state index contributed by atoms with van der Waals surface area (Å²) < 4.78 is 1.26. The van der Waals surface area contributed by atoms with E-state index in [1.807, 2.05) is 35.2 Å². The highest BCUT2D eigenvalue weighted by Crippen LogP contribution is 2.12. The number of hydrogen-bond acceptors (Lipinski definition) is 2. The maximum atomic E-state index is 12.3. The summed E-state index contributed by atoms with van der Waals surface area (Å²) in [5.41, 5.74) is 2.17. The topological polar surface area (TPSA) is 35.6 Å². The van der Waals surface area contributed by atoms with E-state index in [2.05, 4.69) is 57.1 Å². The third-order valence-corrected chi connectivity index (χ3v) is 4.72. The van der Waals surface area contributed by atoms with Crippen LogP contribution in [0.5, 0.6) is 0 Å². The second-order valence-corrected chi connectivity index (χ2v) is 6.93. The summed E-state index contributed by atoms with van der Waals surface area (Å²) in [6.45, 7) is 4.31. The van der Waals surface area contributed by atoms with Gasteiger partial charge in [-0.3, -0.25) is 4.90 Å². The molecule has 0 saturated carbocycles. The van der Waals surface area contributed by atoms with Gasteiger partial charge in [-0.15, -0.1) is 0 Å². The van der Waals surface area contributed by atoms with E-state index in [0.717, 1.165) is 38.4 Å². The van der Waals surface area contributed by atoms with Crippen LogP contribution >= 0.6 is 22.6 Å². The lowest BCUT2D eigenvalue weighted by molar-refractivity contribution is 0.143. The monoisotopic (exact) mass is 421 g/mol. The van der Waals surface area contributed by atoms with Gasteiger partial charge in [0.1, 0.15) is 0 Å². The van der Waals surface area contributed by atoms with Crippen molar-refractivity contribution >= 4 is 34.3 Å². The van der Waals surface area contributed by atoms with E-state index >= 15 is 0 Å². The SMILES string of the molecule is O=C(Nc1ccccc1)N1CCN(Cc2ccc(I)cc2)CC1. The molecule has 0 aliphatic carbocycles. The predicted molar refractivity (Wildman–Crippen MR) is 101 cm³/mol. The number of hydrogen-bond donors (Lipinski definition) is 1. The van der Waals surface area contributed by atoms with Gasteiger partial charge in [-0.1, -0.05) is 30.3 Å². The van der Waals surface area contributed by atoms with Gasteiger partial charge in [-0.2, -0.15) is 0 Å². The first-order valence-electron chi connectivity index (χ1n) is 7.78. The Balaban J connectivity index is 1.48. The number of nitrogens with one attached hydrogen (secondary N) is 1. The number of urea groups is 1. The summed E-state index contributed by atoms with van der Waals surface area (Å²) >= 11 is 2.32. The van der Waals surface area contributed by atoms with Gasteiger partial charge in [0.05, 0.1) is 0 Å². The van der Waals surface area contributed by atoms with Gasteiger partial charge in [-0.25, -0.2) is 4.79 Å². The summed E-state index contributed by atoms with van der Waals surface area (Å²) in [5.74, 6) is 0. The number of piperazine rings is 1. The highest BCUT2D eigenvalue weighted by Gasteiger charge is 2.21. The molecule has 0 aromatic heterocycles. The van der Waals surface area contributed by atoms with Crippen molar-refractivity contribution in [2.45, 2.75) is 6.54 Å². The molecule has 23 heavy (non-hydrogen) atoms. The van der Waals surface area contributed by atoms with E-state index in [1.54, 1.807) is 0 Å². The predicted octanol–water partition coefficient (Wildman–Crippen LogP) is 3.64. The molecule has 2 amide bonds. The highest BCUT2D eigenvalue weighted by atomic mass is 127. The molecule has 0 radical (unpaired) electrons. The smallest absolute Gasteiger partial charge is 0.321 e. The summed E-state index contributed by atoms with van der Waals surface area (Å²) in [5, 5.41) is 2.95. The van der Waals surface area contributed by atoms with Gasteiger partial charge < -0.3 is 10.2 Å². The summed E-state index contributed by atoms with van der Waals surface area (Å²) in [7, 11) is 0. The van der Waals surface area contributed by atoms with Gasteiger partial charge in [-0.05, 0) is 52.4 Å². The number of anilines is 1. The van der Waals surface area contributed by atoms with Crippen molar-refractivity contribution in [3.63, 3.8) is 0 Å². The summed E-state index contributed by atoms with van der Waals surface area (Å²) in [6.07, 6.45) is 0. The number of para-hydroxylation sites is 1. The Morgan fingerprint density at radius 2 is 1.61 bits per heavy atom. The normalized spacial score (nSPS) is 15.4. The molecular formula is C18H20IN3O. The molecule has 4 nitrogen and oxygen atoms in total. The summed E-state index contributed by atoms with van der Waals surface area (Å²) in [4.78, 5) is 16.5. The molecule has 1 aliphatic rings. The number of carbonyl (C=O) groups excluding carboxylic acids is 1. The fraction of sp³-hybridized carbons (Fsp3) is 0.278. The number of halogens is 1. The quantitative estimate of drug-likeness (QED) is 0.769. The van der Waals surface area contributed by atoms with Crippen LogP contribution in [0.3, 0.4) is 0 Å². The molecule has 1 heterocycles. The molecule has 3 rings (SSSR count). The molecule has 120 valence electrons. The van der Waals surface area contributed by atoms with Crippen molar-refractivity contribution in [3.8, 4) is 0 Å². The molecule has 1 aliphatic heterocycles. The highest BCUT2D eigenvalue weighted by molar-refractivity contribution is 14.1. The Morgan fingerprint density at radius 1 is 0.957 bits per heavy atom. The first-order valence-corrected chi connectivity index (χ1v) is 8.86. The van der Waals surface area contributed by atoms with Crippen LogP contribution in [0.1, 0.15) is 5.56 Å². The Labute approximate surface area is 150 Å². The minimum absolute atomic E-state index is 0.00915. The zero-order chi connectivity index (χ0) is 16.1. The van der Waals surface area contributed by atoms with Crippen LogP contribution in [0.15, 0.2) is 54.6 Å². The number of rotatable bonds is 3. The molecule has 0 unspecified atom stereocenters. The number of amides is 2. The van der Waals surface area contributed by atoms with Gasteiger partial charge in [0.15, 0.2) is 0 Å². The van der Waals surface area contributed by atoms with Crippen LogP contribution in [0.25, 0.3) is 0 Å². The molecule has 0 bridgehead atoms. The van der Waals surface area contributed by atoms with Crippen molar-refractivity contribution in [1.82, 2.24) is 9.80 Å². The van der Waals surface area contributed by atoms with Gasteiger partial charge in [0.2, 0.25) is 0 Å². The van der Waals surface area contributed by atoms with E-state index in [-0.39, 0.29) is 6.03 Å². The van der Waals surface area contributed by atoms with E-state index in [9.17, 15) is 4.79 Å². The Bertz CT molecular complexity index is 637. The lowest BCUT2D eigenvalue weighted by Gasteiger charge is -2.34. The molecule has 2 aromatic carbocycles. The number of nitrogens with zero attached hydrogens (tertiary/aromatic N) is 2. The second-order valence-electron chi connectivity index (χ2n) is 5.69. The standard InChI is InChI=1S/C18H20IN3O/c19-16-8-6-15(7-9-16)14-21-10-12-22(13-11-21)18(23)20-17-4-2-1-3-5-17/h1-9H,10-14H2,(H,20,23). The number of carbonyl (C=O) groups is 1. The van der Waals surface area contributed by atoms with Crippen molar-refractivity contribution in [1.29, 1.82) is 0 Å². The Hall–Kier alpha value is -1.60. The zero-order valence-electron chi connectivity index (χ0n) is 12.9. The van der Waals surface area contributed by atoms with Gasteiger partial charge >= 0.3 is 6.03 Å². The fourth-order valence-electron chi connectivity index (χ4n) is 2.68. The number of benzene rings is 2. The zero-order valence-corrected chi connectivity index (χ0v) is 15.1. The molecule has 0 atom stereocenters. The Morgan fingerprint density at radius 3 is 2.26 bits per heavy atom. The van der Waals surface area contributed by atoms with E-state index in [4.69, 9.17) is 0 Å². The lowest BCUT2D eigenvalue weighted by Crippen LogP contribution is -2.49.